The van der Waals surface area contributed by atoms with Crippen molar-refractivity contribution in [3.63, 3.8) is 0 Å². The number of nitrogens with zero attached hydrogens (tertiary/aromatic N) is 2. The van der Waals surface area contributed by atoms with E-state index in [9.17, 15) is 9.59 Å². The first-order valence-electron chi connectivity index (χ1n) is 9.16. The number of allylic oxidation sites excluding steroid dienone is 1. The van der Waals surface area contributed by atoms with Gasteiger partial charge in [-0.2, -0.15) is 5.10 Å². The Balaban J connectivity index is 1.47. The van der Waals surface area contributed by atoms with Gasteiger partial charge in [-0.25, -0.2) is 0 Å². The predicted molar refractivity (Wildman–Crippen MR) is 93.2 cm³/mol. The van der Waals surface area contributed by atoms with Gasteiger partial charge in [-0.3, -0.25) is 15.0 Å². The minimum absolute atomic E-state index is 0.0383. The maximum absolute atomic E-state index is 12.4. The van der Waals surface area contributed by atoms with E-state index in [4.69, 9.17) is 0 Å². The highest BCUT2D eigenvalue weighted by atomic mass is 16.2. The number of rotatable bonds is 5. The van der Waals surface area contributed by atoms with Crippen LogP contribution in [0.5, 0.6) is 0 Å². The minimum atomic E-state index is -0.0931. The van der Waals surface area contributed by atoms with Crippen LogP contribution in [0.2, 0.25) is 0 Å². The van der Waals surface area contributed by atoms with Crippen LogP contribution in [-0.4, -0.2) is 42.1 Å². The van der Waals surface area contributed by atoms with Crippen LogP contribution in [0.15, 0.2) is 17.4 Å². The number of likely N-dealkylation sites (tertiary alicyclic amines) is 1. The number of hydrogen-bond donors (Lipinski definition) is 2. The Morgan fingerprint density at radius 2 is 2.08 bits per heavy atom. The molecule has 2 fully saturated rings. The molecule has 24 heavy (non-hydrogen) atoms. The van der Waals surface area contributed by atoms with Crippen LogP contribution in [0, 0.1) is 11.8 Å². The fraction of sp³-hybridized carbons (Fsp3) is 0.722. The highest BCUT2D eigenvalue weighted by Gasteiger charge is 2.31. The van der Waals surface area contributed by atoms with Crippen LogP contribution < -0.4 is 10.7 Å². The molecule has 2 N–H and O–H groups in total. The molecule has 0 aromatic carbocycles. The van der Waals surface area contributed by atoms with Gasteiger partial charge in [-0.05, 0) is 25.2 Å². The summed E-state index contributed by atoms with van der Waals surface area (Å²) in [6.07, 6.45) is 8.15. The summed E-state index contributed by atoms with van der Waals surface area (Å²) in [5.41, 5.74) is 4.58. The minimum Gasteiger partial charge on any atom is -0.350 e. The van der Waals surface area contributed by atoms with Crippen LogP contribution in [0.1, 0.15) is 51.4 Å². The van der Waals surface area contributed by atoms with E-state index in [1.807, 2.05) is 4.90 Å². The molecule has 2 amide bonds. The Labute approximate surface area is 143 Å². The van der Waals surface area contributed by atoms with Gasteiger partial charge in [0.25, 0.3) is 0 Å². The average molecular weight is 332 g/mol. The normalized spacial score (nSPS) is 25.4. The molecule has 3 rings (SSSR count). The third-order valence-electron chi connectivity index (χ3n) is 5.33. The maximum Gasteiger partial charge on any atom is 0.225 e. The summed E-state index contributed by atoms with van der Waals surface area (Å²) < 4.78 is 0. The van der Waals surface area contributed by atoms with E-state index in [0.717, 1.165) is 18.0 Å². The molecule has 0 aromatic heterocycles. The number of hydrazone groups is 1. The molecule has 0 aromatic rings. The summed E-state index contributed by atoms with van der Waals surface area (Å²) in [6.45, 7) is 5.67. The molecule has 1 aliphatic carbocycles. The van der Waals surface area contributed by atoms with Gasteiger partial charge in [0.15, 0.2) is 0 Å². The zero-order valence-electron chi connectivity index (χ0n) is 14.4. The van der Waals surface area contributed by atoms with E-state index >= 15 is 0 Å². The number of hydrogen-bond acceptors (Lipinski definition) is 4. The van der Waals surface area contributed by atoms with Crippen molar-refractivity contribution in [2.45, 2.75) is 51.4 Å². The Morgan fingerprint density at radius 1 is 1.29 bits per heavy atom. The fourth-order valence-electron chi connectivity index (χ4n) is 3.91. The number of carbonyl (C=O) groups is 2. The summed E-state index contributed by atoms with van der Waals surface area (Å²) in [7, 11) is 0. The quantitative estimate of drug-likeness (QED) is 0.806. The van der Waals surface area contributed by atoms with Gasteiger partial charge < -0.3 is 10.2 Å². The SMILES string of the molecule is C=C1CC(CNC(=O)C2CCC(=O)N(CC3CCCCC3)C2)=NN1. The molecule has 0 bridgehead atoms. The summed E-state index contributed by atoms with van der Waals surface area (Å²) in [5, 5.41) is 7.09. The standard InChI is InChI=1S/C18H28N4O2/c1-13-9-16(21-20-13)10-19-18(24)15-7-8-17(23)22(12-15)11-14-5-3-2-4-6-14/h14-15,20H,1-12H2,(H,19,24). The van der Waals surface area contributed by atoms with E-state index in [1.165, 1.54) is 32.1 Å². The van der Waals surface area contributed by atoms with Crippen LogP contribution in [0.4, 0.5) is 0 Å². The van der Waals surface area contributed by atoms with Gasteiger partial charge in [0.05, 0.1) is 18.2 Å². The average Bonchev–Trinajstić information content (AvgIpc) is 3.01. The van der Waals surface area contributed by atoms with Crippen molar-refractivity contribution in [1.82, 2.24) is 15.6 Å². The molecule has 1 saturated heterocycles. The number of amides is 2. The molecule has 1 unspecified atom stereocenters. The summed E-state index contributed by atoms with van der Waals surface area (Å²) in [4.78, 5) is 26.6. The van der Waals surface area contributed by atoms with Crippen molar-refractivity contribution in [2.24, 2.45) is 16.9 Å². The highest BCUT2D eigenvalue weighted by Crippen LogP contribution is 2.27. The van der Waals surface area contributed by atoms with Gasteiger partial charge in [0, 0.05) is 31.6 Å². The van der Waals surface area contributed by atoms with E-state index in [2.05, 4.69) is 22.4 Å². The van der Waals surface area contributed by atoms with E-state index in [0.29, 0.717) is 38.3 Å². The predicted octanol–water partition coefficient (Wildman–Crippen LogP) is 1.78. The third-order valence-corrected chi connectivity index (χ3v) is 5.33. The zero-order chi connectivity index (χ0) is 16.9. The lowest BCUT2D eigenvalue weighted by Gasteiger charge is -2.35. The second-order valence-corrected chi connectivity index (χ2v) is 7.33. The maximum atomic E-state index is 12.4. The van der Waals surface area contributed by atoms with Crippen molar-refractivity contribution in [2.75, 3.05) is 19.6 Å². The molecular formula is C18H28N4O2. The van der Waals surface area contributed by atoms with Gasteiger partial charge >= 0.3 is 0 Å². The Kier molecular flexibility index (Phi) is 5.53. The monoisotopic (exact) mass is 332 g/mol. The van der Waals surface area contributed by atoms with E-state index in [1.54, 1.807) is 0 Å². The number of nitrogens with one attached hydrogen (secondary N) is 2. The molecule has 3 aliphatic rings. The lowest BCUT2D eigenvalue weighted by molar-refractivity contribution is -0.139. The molecule has 0 spiro atoms. The Bertz CT molecular complexity index is 537. The lowest BCUT2D eigenvalue weighted by atomic mass is 9.87. The first-order valence-corrected chi connectivity index (χ1v) is 9.16. The summed E-state index contributed by atoms with van der Waals surface area (Å²) in [5.74, 6) is 0.778. The molecule has 132 valence electrons. The topological polar surface area (TPSA) is 73.8 Å². The van der Waals surface area contributed by atoms with Gasteiger partial charge in [-0.1, -0.05) is 25.8 Å². The zero-order valence-corrected chi connectivity index (χ0v) is 14.4. The van der Waals surface area contributed by atoms with Crippen molar-refractivity contribution in [3.8, 4) is 0 Å². The van der Waals surface area contributed by atoms with Crippen LogP contribution in [0.3, 0.4) is 0 Å². The van der Waals surface area contributed by atoms with Gasteiger partial charge in [0.1, 0.15) is 0 Å². The Morgan fingerprint density at radius 3 is 2.79 bits per heavy atom. The van der Waals surface area contributed by atoms with Crippen molar-refractivity contribution in [3.05, 3.63) is 12.3 Å². The first-order chi connectivity index (χ1) is 11.6. The second kappa shape index (κ2) is 7.81. The largest absolute Gasteiger partial charge is 0.350 e. The molecule has 1 saturated carbocycles. The van der Waals surface area contributed by atoms with Crippen molar-refractivity contribution in [1.29, 1.82) is 0 Å². The van der Waals surface area contributed by atoms with Crippen LogP contribution >= 0.6 is 0 Å². The van der Waals surface area contributed by atoms with E-state index in [-0.39, 0.29) is 17.7 Å². The molecule has 6 nitrogen and oxygen atoms in total. The van der Waals surface area contributed by atoms with Gasteiger partial charge in [0.2, 0.25) is 11.8 Å². The Hall–Kier alpha value is -1.85. The van der Waals surface area contributed by atoms with Crippen molar-refractivity contribution >= 4 is 17.5 Å². The summed E-state index contributed by atoms with van der Waals surface area (Å²) in [6, 6.07) is 0. The molecule has 0 radical (unpaired) electrons. The smallest absolute Gasteiger partial charge is 0.225 e. The van der Waals surface area contributed by atoms with Crippen LogP contribution in [-0.2, 0) is 9.59 Å². The summed E-state index contributed by atoms with van der Waals surface area (Å²) >= 11 is 0. The molecule has 2 aliphatic heterocycles. The van der Waals surface area contributed by atoms with Gasteiger partial charge in [-0.15, -0.1) is 0 Å². The molecule has 1 atom stereocenters. The highest BCUT2D eigenvalue weighted by molar-refractivity contribution is 5.93. The first kappa shape index (κ1) is 17.0. The van der Waals surface area contributed by atoms with Crippen LogP contribution in [0.25, 0.3) is 0 Å². The molecule has 2 heterocycles. The van der Waals surface area contributed by atoms with Crippen molar-refractivity contribution < 1.29 is 9.59 Å². The van der Waals surface area contributed by atoms with E-state index < -0.39 is 0 Å². The fourth-order valence-corrected chi connectivity index (χ4v) is 3.91. The second-order valence-electron chi connectivity index (χ2n) is 7.33. The lowest BCUT2D eigenvalue weighted by Crippen LogP contribution is -2.48. The number of piperidine rings is 1. The molecular weight excluding hydrogens is 304 g/mol. The number of carbonyl (C=O) groups excluding carboxylic acids is 2. The third kappa shape index (κ3) is 4.36. The molecule has 6 heteroatoms.